The van der Waals surface area contributed by atoms with Gasteiger partial charge < -0.3 is 35.7 Å². The van der Waals surface area contributed by atoms with E-state index in [1.165, 1.54) is 0 Å². The summed E-state index contributed by atoms with van der Waals surface area (Å²) in [5, 5.41) is 21.2. The summed E-state index contributed by atoms with van der Waals surface area (Å²) in [6.07, 6.45) is 5.45. The lowest BCUT2D eigenvalue weighted by Crippen LogP contribution is -2.61. The van der Waals surface area contributed by atoms with E-state index < -0.39 is 23.7 Å². The molecule has 0 spiro atoms. The van der Waals surface area contributed by atoms with Crippen molar-refractivity contribution in [2.45, 2.75) is 89.1 Å². The summed E-state index contributed by atoms with van der Waals surface area (Å²) in [5.74, 6) is -0.184. The van der Waals surface area contributed by atoms with Crippen molar-refractivity contribution in [3.05, 3.63) is 120 Å². The molecule has 3 amide bonds. The lowest BCUT2D eigenvalue weighted by molar-refractivity contribution is -0.144. The third-order valence-corrected chi connectivity index (χ3v) is 10.5. The molecule has 0 saturated carbocycles. The van der Waals surface area contributed by atoms with Crippen LogP contribution >= 0.6 is 0 Å². The first-order chi connectivity index (χ1) is 25.7. The predicted molar refractivity (Wildman–Crippen MR) is 205 cm³/mol. The van der Waals surface area contributed by atoms with Gasteiger partial charge in [0.1, 0.15) is 17.3 Å². The van der Waals surface area contributed by atoms with Crippen LogP contribution in [0.4, 0.5) is 0 Å². The van der Waals surface area contributed by atoms with Crippen molar-refractivity contribution in [1.82, 2.24) is 30.8 Å². The molecule has 11 heteroatoms. The number of carbonyl (C=O) groups excluding carboxylic acids is 3. The molecule has 1 saturated heterocycles. The monoisotopic (exact) mass is 722 g/mol. The van der Waals surface area contributed by atoms with Crippen molar-refractivity contribution < 1.29 is 24.2 Å². The number of hydrogen-bond acceptors (Lipinski definition) is 7. The normalized spacial score (nSPS) is 17.9. The zero-order valence-corrected chi connectivity index (χ0v) is 31.1. The summed E-state index contributed by atoms with van der Waals surface area (Å²) in [7, 11) is 1.63. The number of nitrogens with one attached hydrogen (secondary N) is 4. The molecule has 1 aliphatic heterocycles. The first-order valence-corrected chi connectivity index (χ1v) is 18.7. The van der Waals surface area contributed by atoms with Gasteiger partial charge in [0.25, 0.3) is 0 Å². The van der Waals surface area contributed by atoms with Crippen LogP contribution in [0, 0.1) is 5.92 Å². The van der Waals surface area contributed by atoms with Gasteiger partial charge in [-0.25, -0.2) is 4.98 Å². The van der Waals surface area contributed by atoms with E-state index in [1.54, 1.807) is 24.5 Å². The standard InChI is InChI=1S/C42H54N6O5/c1-4-30(2)42(47-39(50)21-19-34-27-44-29-45-34)22-23-48(41(42)52)37(20-18-31-12-7-5-8-13-31)40(51)46-36(25-32-14-9-6-10-15-32)38(49)28-43-26-33-16-11-17-35(24-33)53-3/h5-17,24,27,29-30,36-38,43,49H,4,18-23,25-26,28H2,1-3H3,(H,44,45)(H,46,51)(H,47,50)/t30-,36-,37-,38-,42-/m0/s1. The molecule has 11 nitrogen and oxygen atoms in total. The van der Waals surface area contributed by atoms with Gasteiger partial charge in [0.05, 0.1) is 25.6 Å². The molecular formula is C42H54N6O5. The average molecular weight is 723 g/mol. The Morgan fingerprint density at radius 3 is 2.40 bits per heavy atom. The van der Waals surface area contributed by atoms with E-state index in [2.05, 4.69) is 25.9 Å². The molecule has 282 valence electrons. The van der Waals surface area contributed by atoms with Gasteiger partial charge in [-0.15, -0.1) is 0 Å². The number of carbonyl (C=O) groups is 3. The van der Waals surface area contributed by atoms with Crippen molar-refractivity contribution in [3.8, 4) is 5.75 Å². The van der Waals surface area contributed by atoms with Crippen LogP contribution in [-0.2, 0) is 40.2 Å². The summed E-state index contributed by atoms with van der Waals surface area (Å²) >= 11 is 0. The molecule has 0 bridgehead atoms. The lowest BCUT2D eigenvalue weighted by atomic mass is 9.81. The summed E-state index contributed by atoms with van der Waals surface area (Å²) in [6, 6.07) is 25.9. The smallest absolute Gasteiger partial charge is 0.249 e. The number of benzene rings is 3. The minimum atomic E-state index is -1.13. The number of ether oxygens (including phenoxy) is 1. The van der Waals surface area contributed by atoms with E-state index in [4.69, 9.17) is 4.74 Å². The van der Waals surface area contributed by atoms with Gasteiger partial charge in [0.2, 0.25) is 17.7 Å². The van der Waals surface area contributed by atoms with E-state index in [0.717, 1.165) is 28.1 Å². The molecule has 0 unspecified atom stereocenters. The number of aromatic amines is 1. The van der Waals surface area contributed by atoms with Gasteiger partial charge in [-0.3, -0.25) is 14.4 Å². The summed E-state index contributed by atoms with van der Waals surface area (Å²) in [5.41, 5.74) is 2.75. The number of imidazole rings is 1. The van der Waals surface area contributed by atoms with Crippen LogP contribution in [0.1, 0.15) is 61.9 Å². The second-order valence-corrected chi connectivity index (χ2v) is 14.0. The van der Waals surface area contributed by atoms with E-state index in [0.29, 0.717) is 51.6 Å². The molecule has 1 fully saturated rings. The van der Waals surface area contributed by atoms with Crippen molar-refractivity contribution >= 4 is 17.7 Å². The van der Waals surface area contributed by atoms with Crippen LogP contribution in [0.3, 0.4) is 0 Å². The fraction of sp³-hybridized carbons (Fsp3) is 0.429. The number of likely N-dealkylation sites (tertiary alicyclic amines) is 1. The fourth-order valence-corrected chi connectivity index (χ4v) is 7.18. The maximum Gasteiger partial charge on any atom is 0.249 e. The number of methoxy groups -OCH3 is 1. The van der Waals surface area contributed by atoms with Gasteiger partial charge in [-0.05, 0) is 66.8 Å². The Kier molecular flexibility index (Phi) is 14.2. The van der Waals surface area contributed by atoms with Gasteiger partial charge >= 0.3 is 0 Å². The Balaban J connectivity index is 1.35. The highest BCUT2D eigenvalue weighted by Gasteiger charge is 2.53. The van der Waals surface area contributed by atoms with Crippen molar-refractivity contribution in [2.75, 3.05) is 20.2 Å². The second kappa shape index (κ2) is 19.2. The highest BCUT2D eigenvalue weighted by Crippen LogP contribution is 2.35. The molecule has 4 aromatic rings. The quantitative estimate of drug-likeness (QED) is 0.0911. The Hall–Kier alpha value is -5.00. The SMILES string of the molecule is CC[C@H](C)[C@@]1(NC(=O)CCc2cnc[nH]2)CCN([C@@H](CCc2ccccc2)C(=O)N[C@@H](Cc2ccccc2)[C@@H](O)CNCc2cccc(OC)c2)C1=O. The molecule has 3 aromatic carbocycles. The molecule has 0 radical (unpaired) electrons. The zero-order chi connectivity index (χ0) is 37.6. The molecule has 5 N–H and O–H groups in total. The fourth-order valence-electron chi connectivity index (χ4n) is 7.18. The first kappa shape index (κ1) is 39.2. The van der Waals surface area contributed by atoms with E-state index in [9.17, 15) is 19.5 Å². The van der Waals surface area contributed by atoms with Crippen LogP contribution in [0.15, 0.2) is 97.5 Å². The van der Waals surface area contributed by atoms with Gasteiger partial charge in [0.15, 0.2) is 0 Å². The number of rotatable bonds is 20. The van der Waals surface area contributed by atoms with Crippen molar-refractivity contribution in [3.63, 3.8) is 0 Å². The molecule has 53 heavy (non-hydrogen) atoms. The Labute approximate surface area is 312 Å². The molecular weight excluding hydrogens is 668 g/mol. The van der Waals surface area contributed by atoms with Crippen LogP contribution in [0.2, 0.25) is 0 Å². The number of aliphatic hydroxyl groups is 1. The van der Waals surface area contributed by atoms with Crippen LogP contribution < -0.4 is 20.7 Å². The summed E-state index contributed by atoms with van der Waals surface area (Å²) in [4.78, 5) is 51.2. The number of aromatic nitrogens is 2. The Morgan fingerprint density at radius 2 is 1.72 bits per heavy atom. The van der Waals surface area contributed by atoms with Gasteiger partial charge in [0, 0.05) is 37.9 Å². The van der Waals surface area contributed by atoms with Gasteiger partial charge in [-0.2, -0.15) is 0 Å². The van der Waals surface area contributed by atoms with E-state index in [1.807, 2.05) is 98.8 Å². The molecule has 1 aliphatic rings. The first-order valence-electron chi connectivity index (χ1n) is 18.7. The van der Waals surface area contributed by atoms with Crippen molar-refractivity contribution in [2.24, 2.45) is 5.92 Å². The molecule has 5 rings (SSSR count). The molecule has 1 aromatic heterocycles. The van der Waals surface area contributed by atoms with Crippen LogP contribution in [0.25, 0.3) is 0 Å². The number of nitrogens with zero attached hydrogens (tertiary/aromatic N) is 2. The predicted octanol–water partition coefficient (Wildman–Crippen LogP) is 4.36. The maximum absolute atomic E-state index is 14.6. The Morgan fingerprint density at radius 1 is 1.00 bits per heavy atom. The number of hydrogen-bond donors (Lipinski definition) is 5. The Bertz CT molecular complexity index is 1740. The summed E-state index contributed by atoms with van der Waals surface area (Å²) < 4.78 is 5.35. The molecule has 2 heterocycles. The van der Waals surface area contributed by atoms with Crippen molar-refractivity contribution in [1.29, 1.82) is 0 Å². The maximum atomic E-state index is 14.6. The van der Waals surface area contributed by atoms with Crippen LogP contribution in [0.5, 0.6) is 5.75 Å². The minimum Gasteiger partial charge on any atom is -0.497 e. The third kappa shape index (κ3) is 10.5. The van der Waals surface area contributed by atoms with Crippen LogP contribution in [-0.4, -0.2) is 81.6 Å². The number of aryl methyl sites for hydroxylation is 2. The zero-order valence-electron chi connectivity index (χ0n) is 31.1. The molecule has 0 aliphatic carbocycles. The average Bonchev–Trinajstić information content (AvgIpc) is 3.82. The van der Waals surface area contributed by atoms with Gasteiger partial charge in [-0.1, -0.05) is 93.1 Å². The highest BCUT2D eigenvalue weighted by molar-refractivity contribution is 5.97. The third-order valence-electron chi connectivity index (χ3n) is 10.5. The molecule has 5 atom stereocenters. The lowest BCUT2D eigenvalue weighted by Gasteiger charge is -2.36. The summed E-state index contributed by atoms with van der Waals surface area (Å²) in [6.45, 7) is 5.06. The largest absolute Gasteiger partial charge is 0.497 e. The second-order valence-electron chi connectivity index (χ2n) is 14.0. The van der Waals surface area contributed by atoms with E-state index in [-0.39, 0.29) is 36.6 Å². The number of aliphatic hydroxyl groups excluding tert-OH is 1. The number of H-pyrrole nitrogens is 1. The van der Waals surface area contributed by atoms with E-state index >= 15 is 0 Å². The highest BCUT2D eigenvalue weighted by atomic mass is 16.5. The number of amides is 3. The topological polar surface area (TPSA) is 149 Å². The minimum absolute atomic E-state index is 0.155.